The summed E-state index contributed by atoms with van der Waals surface area (Å²) in [4.78, 5) is 24.2. The average Bonchev–Trinajstić information content (AvgIpc) is 3.06. The highest BCUT2D eigenvalue weighted by Crippen LogP contribution is 2.31. The fraction of sp³-hybridized carbons (Fsp3) is 0.353. The maximum absolute atomic E-state index is 12.4. The maximum atomic E-state index is 12.4. The molecule has 0 unspecified atom stereocenters. The first-order valence-electron chi connectivity index (χ1n) is 7.56. The molecule has 1 atom stereocenters. The molecule has 2 aromatic rings. The molecule has 0 aliphatic carbocycles. The minimum atomic E-state index is -0.583. The van der Waals surface area contributed by atoms with Gasteiger partial charge in [-0.05, 0) is 17.7 Å². The number of esters is 1. The normalized spacial score (nSPS) is 11.5. The van der Waals surface area contributed by atoms with E-state index in [-0.39, 0.29) is 12.3 Å². The number of nitrogens with one attached hydrogen (secondary N) is 1. The van der Waals surface area contributed by atoms with Crippen molar-refractivity contribution in [1.82, 2.24) is 15.1 Å². The molecular weight excluding hydrogens is 326 g/mol. The van der Waals surface area contributed by atoms with E-state index in [0.29, 0.717) is 22.6 Å². The Kier molecular flexibility index (Phi) is 5.99. The van der Waals surface area contributed by atoms with Gasteiger partial charge in [0.05, 0.1) is 45.6 Å². The van der Waals surface area contributed by atoms with Crippen LogP contribution >= 0.6 is 0 Å². The fourth-order valence-corrected chi connectivity index (χ4v) is 2.35. The van der Waals surface area contributed by atoms with E-state index in [4.69, 9.17) is 14.2 Å². The standard InChI is InChI=1S/C17H21N3O5/c1-20-10-12(9-18-20)17(22)19-13(8-16(21)25-4)11-5-6-14(23-2)15(7-11)24-3/h5-7,9-10,13H,8H2,1-4H3,(H,19,22)/t13-/m0/s1. The van der Waals surface area contributed by atoms with E-state index in [1.165, 1.54) is 32.2 Å². The zero-order valence-corrected chi connectivity index (χ0v) is 14.6. The van der Waals surface area contributed by atoms with Crippen molar-refractivity contribution in [2.75, 3.05) is 21.3 Å². The number of benzene rings is 1. The van der Waals surface area contributed by atoms with Crippen LogP contribution in [0.1, 0.15) is 28.4 Å². The third-order valence-corrected chi connectivity index (χ3v) is 3.68. The Hall–Kier alpha value is -3.03. The Morgan fingerprint density at radius 1 is 1.20 bits per heavy atom. The van der Waals surface area contributed by atoms with Gasteiger partial charge in [0.1, 0.15) is 0 Å². The van der Waals surface area contributed by atoms with Crippen molar-refractivity contribution in [2.45, 2.75) is 12.5 Å². The zero-order chi connectivity index (χ0) is 18.4. The van der Waals surface area contributed by atoms with Crippen molar-refractivity contribution >= 4 is 11.9 Å². The summed E-state index contributed by atoms with van der Waals surface area (Å²) in [5, 5.41) is 6.80. The molecule has 0 bridgehead atoms. The highest BCUT2D eigenvalue weighted by atomic mass is 16.5. The van der Waals surface area contributed by atoms with E-state index in [2.05, 4.69) is 10.4 Å². The Balaban J connectivity index is 2.29. The van der Waals surface area contributed by atoms with Gasteiger partial charge in [-0.1, -0.05) is 6.07 Å². The monoisotopic (exact) mass is 347 g/mol. The smallest absolute Gasteiger partial charge is 0.307 e. The number of aryl methyl sites for hydroxylation is 1. The van der Waals surface area contributed by atoms with E-state index >= 15 is 0 Å². The van der Waals surface area contributed by atoms with Crippen molar-refractivity contribution in [1.29, 1.82) is 0 Å². The summed E-state index contributed by atoms with van der Waals surface area (Å²) in [7, 11) is 6.08. The second kappa shape index (κ2) is 8.18. The first-order chi connectivity index (χ1) is 12.0. The summed E-state index contributed by atoms with van der Waals surface area (Å²) < 4.78 is 16.8. The average molecular weight is 347 g/mol. The van der Waals surface area contributed by atoms with Crippen LogP contribution in [0.3, 0.4) is 0 Å². The van der Waals surface area contributed by atoms with Gasteiger partial charge < -0.3 is 19.5 Å². The molecule has 0 saturated carbocycles. The quantitative estimate of drug-likeness (QED) is 0.763. The molecule has 0 aliphatic heterocycles. The van der Waals surface area contributed by atoms with E-state index in [9.17, 15) is 9.59 Å². The van der Waals surface area contributed by atoms with E-state index in [1.807, 2.05) is 0 Å². The van der Waals surface area contributed by atoms with Gasteiger partial charge in [0.15, 0.2) is 11.5 Å². The van der Waals surface area contributed by atoms with Gasteiger partial charge in [0, 0.05) is 13.2 Å². The minimum absolute atomic E-state index is 0.0159. The van der Waals surface area contributed by atoms with Crippen LogP contribution < -0.4 is 14.8 Å². The summed E-state index contributed by atoms with van der Waals surface area (Å²) in [6.45, 7) is 0. The minimum Gasteiger partial charge on any atom is -0.493 e. The lowest BCUT2D eigenvalue weighted by Gasteiger charge is -2.19. The molecule has 8 heteroatoms. The van der Waals surface area contributed by atoms with Gasteiger partial charge >= 0.3 is 5.97 Å². The Morgan fingerprint density at radius 3 is 2.48 bits per heavy atom. The van der Waals surface area contributed by atoms with Gasteiger partial charge in [-0.15, -0.1) is 0 Å². The second-order valence-electron chi connectivity index (χ2n) is 5.32. The van der Waals surface area contributed by atoms with Crippen LogP contribution in [0.25, 0.3) is 0 Å². The maximum Gasteiger partial charge on any atom is 0.307 e. The van der Waals surface area contributed by atoms with Gasteiger partial charge in [0.2, 0.25) is 0 Å². The number of rotatable bonds is 7. The topological polar surface area (TPSA) is 91.7 Å². The van der Waals surface area contributed by atoms with Crippen LogP contribution in [-0.2, 0) is 16.6 Å². The van der Waals surface area contributed by atoms with E-state index in [1.54, 1.807) is 31.4 Å². The van der Waals surface area contributed by atoms with Crippen molar-refractivity contribution < 1.29 is 23.8 Å². The molecule has 1 heterocycles. The van der Waals surface area contributed by atoms with Crippen molar-refractivity contribution in [3.05, 3.63) is 41.7 Å². The number of methoxy groups -OCH3 is 3. The number of ether oxygens (including phenoxy) is 3. The molecule has 1 amide bonds. The van der Waals surface area contributed by atoms with Gasteiger partial charge in [-0.2, -0.15) is 5.10 Å². The lowest BCUT2D eigenvalue weighted by atomic mass is 10.0. The van der Waals surface area contributed by atoms with Gasteiger partial charge in [-0.25, -0.2) is 0 Å². The molecule has 134 valence electrons. The Bertz CT molecular complexity index is 756. The number of carbonyl (C=O) groups is 2. The number of hydrogen-bond acceptors (Lipinski definition) is 6. The summed E-state index contributed by atoms with van der Waals surface area (Å²) in [6.07, 6.45) is 3.04. The third-order valence-electron chi connectivity index (χ3n) is 3.68. The summed E-state index contributed by atoms with van der Waals surface area (Å²) in [5.41, 5.74) is 1.10. The van der Waals surface area contributed by atoms with E-state index in [0.717, 1.165) is 0 Å². The molecule has 0 fully saturated rings. The number of nitrogens with zero attached hydrogens (tertiary/aromatic N) is 2. The lowest BCUT2D eigenvalue weighted by Crippen LogP contribution is -2.30. The SMILES string of the molecule is COC(=O)C[C@H](NC(=O)c1cnn(C)c1)c1ccc(OC)c(OC)c1. The van der Waals surface area contributed by atoms with Crippen LogP contribution in [0, 0.1) is 0 Å². The van der Waals surface area contributed by atoms with Gasteiger partial charge in [-0.3, -0.25) is 14.3 Å². The number of hydrogen-bond donors (Lipinski definition) is 1. The predicted molar refractivity (Wildman–Crippen MR) is 89.6 cm³/mol. The molecule has 0 aliphatic rings. The summed E-state index contributed by atoms with van der Waals surface area (Å²) in [5.74, 6) is 0.287. The first kappa shape index (κ1) is 18.3. The van der Waals surface area contributed by atoms with Crippen LogP contribution in [0.4, 0.5) is 0 Å². The molecule has 1 aromatic heterocycles. The summed E-state index contributed by atoms with van der Waals surface area (Å²) >= 11 is 0. The molecule has 1 aromatic carbocycles. The zero-order valence-electron chi connectivity index (χ0n) is 14.6. The number of amides is 1. The highest BCUT2D eigenvalue weighted by Gasteiger charge is 2.21. The molecular formula is C17H21N3O5. The largest absolute Gasteiger partial charge is 0.493 e. The second-order valence-corrected chi connectivity index (χ2v) is 5.32. The number of carbonyl (C=O) groups excluding carboxylic acids is 2. The first-order valence-corrected chi connectivity index (χ1v) is 7.56. The van der Waals surface area contributed by atoms with Crippen LogP contribution in [0.5, 0.6) is 11.5 Å². The molecule has 0 spiro atoms. The Labute approximate surface area is 145 Å². The van der Waals surface area contributed by atoms with Crippen LogP contribution in [0.2, 0.25) is 0 Å². The molecule has 25 heavy (non-hydrogen) atoms. The number of aromatic nitrogens is 2. The van der Waals surface area contributed by atoms with E-state index < -0.39 is 12.0 Å². The highest BCUT2D eigenvalue weighted by molar-refractivity contribution is 5.94. The summed E-state index contributed by atoms with van der Waals surface area (Å²) in [6, 6.07) is 4.61. The molecule has 2 rings (SSSR count). The van der Waals surface area contributed by atoms with Crippen molar-refractivity contribution in [3.63, 3.8) is 0 Å². The lowest BCUT2D eigenvalue weighted by molar-refractivity contribution is -0.141. The van der Waals surface area contributed by atoms with Crippen molar-refractivity contribution in [3.8, 4) is 11.5 Å². The van der Waals surface area contributed by atoms with Crippen LogP contribution in [0.15, 0.2) is 30.6 Å². The molecule has 1 N–H and O–H groups in total. The molecule has 8 nitrogen and oxygen atoms in total. The fourth-order valence-electron chi connectivity index (χ4n) is 2.35. The Morgan fingerprint density at radius 2 is 1.92 bits per heavy atom. The predicted octanol–water partition coefficient (Wildman–Crippen LogP) is 1.47. The third kappa shape index (κ3) is 4.50. The molecule has 0 saturated heterocycles. The van der Waals surface area contributed by atoms with Crippen LogP contribution in [-0.4, -0.2) is 43.0 Å². The van der Waals surface area contributed by atoms with Gasteiger partial charge in [0.25, 0.3) is 5.91 Å². The molecule has 0 radical (unpaired) electrons. The van der Waals surface area contributed by atoms with Crippen molar-refractivity contribution in [2.24, 2.45) is 7.05 Å².